The van der Waals surface area contributed by atoms with E-state index >= 15 is 0 Å². The SMILES string of the molecule is Cc1ccc(-n2c(=O)ccc3cc(C(=O)NCC4CCCO4)[nH]c32)cc1. The highest BCUT2D eigenvalue weighted by Gasteiger charge is 2.18. The lowest BCUT2D eigenvalue weighted by Crippen LogP contribution is -2.31. The fourth-order valence-corrected chi connectivity index (χ4v) is 3.30. The first-order chi connectivity index (χ1) is 12.6. The van der Waals surface area contributed by atoms with Crippen LogP contribution in [0, 0.1) is 6.92 Å². The maximum absolute atomic E-state index is 12.5. The van der Waals surface area contributed by atoms with Crippen LogP contribution in [0.1, 0.15) is 28.9 Å². The molecule has 1 unspecified atom stereocenters. The molecule has 0 spiro atoms. The average molecular weight is 351 g/mol. The number of amides is 1. The van der Waals surface area contributed by atoms with Crippen LogP contribution in [0.3, 0.4) is 0 Å². The van der Waals surface area contributed by atoms with E-state index < -0.39 is 0 Å². The van der Waals surface area contributed by atoms with Gasteiger partial charge in [-0.3, -0.25) is 14.2 Å². The van der Waals surface area contributed by atoms with E-state index in [9.17, 15) is 9.59 Å². The Labute approximate surface area is 150 Å². The molecule has 0 bridgehead atoms. The molecule has 4 rings (SSSR count). The van der Waals surface area contributed by atoms with Crippen LogP contribution in [0.5, 0.6) is 0 Å². The average Bonchev–Trinajstić information content (AvgIpc) is 3.30. The van der Waals surface area contributed by atoms with Crippen LogP contribution < -0.4 is 10.9 Å². The van der Waals surface area contributed by atoms with Crippen molar-refractivity contribution >= 4 is 16.9 Å². The Morgan fingerprint density at radius 2 is 2.08 bits per heavy atom. The van der Waals surface area contributed by atoms with Crippen LogP contribution in [0.2, 0.25) is 0 Å². The molecule has 3 aromatic rings. The number of H-pyrrole nitrogens is 1. The number of pyridine rings is 1. The number of carbonyl (C=O) groups excluding carboxylic acids is 1. The smallest absolute Gasteiger partial charge is 0.267 e. The Balaban J connectivity index is 1.66. The molecule has 2 N–H and O–H groups in total. The van der Waals surface area contributed by atoms with Gasteiger partial charge in [-0.05, 0) is 44.0 Å². The second kappa shape index (κ2) is 6.80. The van der Waals surface area contributed by atoms with Gasteiger partial charge in [0.15, 0.2) is 0 Å². The zero-order chi connectivity index (χ0) is 18.1. The monoisotopic (exact) mass is 351 g/mol. The molecule has 134 valence electrons. The number of nitrogens with one attached hydrogen (secondary N) is 2. The second-order valence-electron chi connectivity index (χ2n) is 6.67. The lowest BCUT2D eigenvalue weighted by molar-refractivity contribution is 0.0854. The Morgan fingerprint density at radius 1 is 1.27 bits per heavy atom. The molecule has 1 aliphatic rings. The number of aryl methyl sites for hydroxylation is 1. The first-order valence-corrected chi connectivity index (χ1v) is 8.83. The van der Waals surface area contributed by atoms with E-state index in [0.29, 0.717) is 17.9 Å². The summed E-state index contributed by atoms with van der Waals surface area (Å²) in [5.74, 6) is -0.195. The summed E-state index contributed by atoms with van der Waals surface area (Å²) in [6, 6.07) is 12.7. The summed E-state index contributed by atoms with van der Waals surface area (Å²) >= 11 is 0. The molecule has 1 saturated heterocycles. The molecular formula is C20H21N3O3. The number of nitrogens with zero attached hydrogens (tertiary/aromatic N) is 1. The largest absolute Gasteiger partial charge is 0.376 e. The molecule has 3 heterocycles. The van der Waals surface area contributed by atoms with E-state index in [0.717, 1.165) is 36.1 Å². The molecule has 2 aromatic heterocycles. The molecule has 26 heavy (non-hydrogen) atoms. The normalized spacial score (nSPS) is 16.9. The van der Waals surface area contributed by atoms with Crippen molar-refractivity contribution in [3.63, 3.8) is 0 Å². The van der Waals surface area contributed by atoms with Crippen molar-refractivity contribution in [2.45, 2.75) is 25.9 Å². The van der Waals surface area contributed by atoms with E-state index in [4.69, 9.17) is 4.74 Å². The lowest BCUT2D eigenvalue weighted by atomic mass is 10.2. The summed E-state index contributed by atoms with van der Waals surface area (Å²) in [5, 5.41) is 3.71. The van der Waals surface area contributed by atoms with Crippen molar-refractivity contribution in [3.8, 4) is 5.69 Å². The van der Waals surface area contributed by atoms with Crippen LogP contribution in [0.15, 0.2) is 47.3 Å². The predicted octanol–water partition coefficient (Wildman–Crippen LogP) is 2.54. The molecule has 1 amide bonds. The van der Waals surface area contributed by atoms with E-state index in [1.165, 1.54) is 6.07 Å². The third-order valence-corrected chi connectivity index (χ3v) is 4.73. The molecule has 6 nitrogen and oxygen atoms in total. The first kappa shape index (κ1) is 16.6. The highest BCUT2D eigenvalue weighted by molar-refractivity contribution is 5.97. The van der Waals surface area contributed by atoms with Crippen LogP contribution in [-0.4, -0.2) is 34.7 Å². The molecule has 0 aliphatic carbocycles. The summed E-state index contributed by atoms with van der Waals surface area (Å²) in [7, 11) is 0. The van der Waals surface area contributed by atoms with Crippen LogP contribution in [0.4, 0.5) is 0 Å². The van der Waals surface area contributed by atoms with Gasteiger partial charge in [-0.25, -0.2) is 0 Å². The highest BCUT2D eigenvalue weighted by Crippen LogP contribution is 2.18. The quantitative estimate of drug-likeness (QED) is 0.758. The number of benzene rings is 1. The third-order valence-electron chi connectivity index (χ3n) is 4.73. The number of ether oxygens (including phenoxy) is 1. The number of hydrogen-bond donors (Lipinski definition) is 2. The molecule has 6 heteroatoms. The maximum Gasteiger partial charge on any atom is 0.267 e. The number of fused-ring (bicyclic) bond motifs is 1. The zero-order valence-corrected chi connectivity index (χ0v) is 14.6. The van der Waals surface area contributed by atoms with Crippen molar-refractivity contribution in [2.24, 2.45) is 0 Å². The molecule has 1 atom stereocenters. The van der Waals surface area contributed by atoms with Crippen LogP contribution in [0.25, 0.3) is 16.7 Å². The molecular weight excluding hydrogens is 330 g/mol. The Morgan fingerprint density at radius 3 is 2.81 bits per heavy atom. The lowest BCUT2D eigenvalue weighted by Gasteiger charge is -2.10. The molecule has 1 aliphatic heterocycles. The molecule has 0 saturated carbocycles. The van der Waals surface area contributed by atoms with Crippen molar-refractivity contribution in [1.29, 1.82) is 0 Å². The third kappa shape index (κ3) is 3.15. The Kier molecular flexibility index (Phi) is 4.34. The topological polar surface area (TPSA) is 76.1 Å². The van der Waals surface area contributed by atoms with E-state index in [-0.39, 0.29) is 17.6 Å². The van der Waals surface area contributed by atoms with Gasteiger partial charge in [-0.2, -0.15) is 0 Å². The van der Waals surface area contributed by atoms with Crippen molar-refractivity contribution in [1.82, 2.24) is 14.9 Å². The predicted molar refractivity (Wildman–Crippen MR) is 99.9 cm³/mol. The number of aromatic amines is 1. The summed E-state index contributed by atoms with van der Waals surface area (Å²) in [5.41, 5.74) is 2.79. The second-order valence-corrected chi connectivity index (χ2v) is 6.67. The fraction of sp³-hybridized carbons (Fsp3) is 0.300. The minimum absolute atomic E-state index is 0.0917. The van der Waals surface area contributed by atoms with Crippen molar-refractivity contribution < 1.29 is 9.53 Å². The van der Waals surface area contributed by atoms with Crippen molar-refractivity contribution in [3.05, 3.63) is 64.1 Å². The summed E-state index contributed by atoms with van der Waals surface area (Å²) in [6.45, 7) is 3.26. The van der Waals surface area contributed by atoms with Crippen LogP contribution >= 0.6 is 0 Å². The molecule has 1 aromatic carbocycles. The van der Waals surface area contributed by atoms with Gasteiger partial charge in [0.2, 0.25) is 0 Å². The summed E-state index contributed by atoms with van der Waals surface area (Å²) in [4.78, 5) is 28.0. The first-order valence-electron chi connectivity index (χ1n) is 8.83. The van der Waals surface area contributed by atoms with Crippen molar-refractivity contribution in [2.75, 3.05) is 13.2 Å². The van der Waals surface area contributed by atoms with E-state index in [1.54, 1.807) is 16.7 Å². The van der Waals surface area contributed by atoms with Gasteiger partial charge < -0.3 is 15.0 Å². The zero-order valence-electron chi connectivity index (χ0n) is 14.6. The van der Waals surface area contributed by atoms with Gasteiger partial charge in [0.05, 0.1) is 11.8 Å². The van der Waals surface area contributed by atoms with E-state index in [2.05, 4.69) is 10.3 Å². The van der Waals surface area contributed by atoms with E-state index in [1.807, 2.05) is 31.2 Å². The maximum atomic E-state index is 12.5. The molecule has 0 radical (unpaired) electrons. The Hall–Kier alpha value is -2.86. The van der Waals surface area contributed by atoms with Gasteiger partial charge in [0.25, 0.3) is 11.5 Å². The number of rotatable bonds is 4. The van der Waals surface area contributed by atoms with Crippen LogP contribution in [-0.2, 0) is 4.74 Å². The van der Waals surface area contributed by atoms with Gasteiger partial charge in [-0.15, -0.1) is 0 Å². The summed E-state index contributed by atoms with van der Waals surface area (Å²) < 4.78 is 7.12. The molecule has 1 fully saturated rings. The minimum Gasteiger partial charge on any atom is -0.376 e. The van der Waals surface area contributed by atoms with Gasteiger partial charge in [0.1, 0.15) is 11.3 Å². The van der Waals surface area contributed by atoms with Gasteiger partial charge in [-0.1, -0.05) is 17.7 Å². The number of carbonyl (C=O) groups is 1. The van der Waals surface area contributed by atoms with Gasteiger partial charge in [0, 0.05) is 24.6 Å². The van der Waals surface area contributed by atoms with Gasteiger partial charge >= 0.3 is 0 Å². The number of hydrogen-bond acceptors (Lipinski definition) is 3. The highest BCUT2D eigenvalue weighted by atomic mass is 16.5. The number of aromatic nitrogens is 2. The summed E-state index contributed by atoms with van der Waals surface area (Å²) in [6.07, 6.45) is 2.10. The Bertz CT molecular complexity index is 995. The fourth-order valence-electron chi connectivity index (χ4n) is 3.30. The minimum atomic E-state index is -0.195. The standard InChI is InChI=1S/C20H21N3O3/c1-13-4-7-15(8-5-13)23-18(24)9-6-14-11-17(22-19(14)23)20(25)21-12-16-3-2-10-26-16/h4-9,11,16,22H,2-3,10,12H2,1H3,(H,21,25).